The summed E-state index contributed by atoms with van der Waals surface area (Å²) < 4.78 is 0. The quantitative estimate of drug-likeness (QED) is 0.722. The summed E-state index contributed by atoms with van der Waals surface area (Å²) in [6.45, 7) is 0. The molecule has 0 unspecified atom stereocenters. The molecule has 0 atom stereocenters. The summed E-state index contributed by atoms with van der Waals surface area (Å²) in [5.74, 6) is -0.313. The molecule has 6 heteroatoms. The van der Waals surface area contributed by atoms with Gasteiger partial charge in [-0.3, -0.25) is 4.79 Å². The zero-order valence-corrected chi connectivity index (χ0v) is 13.8. The van der Waals surface area contributed by atoms with Crippen LogP contribution in [0.25, 0.3) is 0 Å². The molecule has 25 heavy (non-hydrogen) atoms. The van der Waals surface area contributed by atoms with Crippen molar-refractivity contribution < 1.29 is 4.79 Å². The molecule has 0 aliphatic rings. The van der Waals surface area contributed by atoms with Crippen molar-refractivity contribution in [2.24, 2.45) is 0 Å². The number of aromatic nitrogens is 1. The third-order valence-electron chi connectivity index (χ3n) is 3.38. The third kappa shape index (κ3) is 4.34. The monoisotopic (exact) mass is 348 g/mol. The first-order chi connectivity index (χ1) is 12.1. The number of nitriles is 1. The number of pyridine rings is 1. The number of carbonyl (C=O) groups is 1. The molecule has 0 bridgehead atoms. The van der Waals surface area contributed by atoms with Crippen molar-refractivity contribution in [3.05, 3.63) is 83.1 Å². The largest absolute Gasteiger partial charge is 0.354 e. The zero-order valence-electron chi connectivity index (χ0n) is 13.0. The van der Waals surface area contributed by atoms with Gasteiger partial charge >= 0.3 is 0 Å². The number of benzene rings is 2. The van der Waals surface area contributed by atoms with Crippen LogP contribution in [0.4, 0.5) is 17.1 Å². The van der Waals surface area contributed by atoms with E-state index in [4.69, 9.17) is 16.9 Å². The van der Waals surface area contributed by atoms with Crippen LogP contribution in [-0.4, -0.2) is 10.9 Å². The standard InChI is InChI=1S/C19H13ClN4O/c20-14-2-1-3-16(10-14)24-19(25)18-9-8-17(12-22-18)23-15-6-4-13(11-21)5-7-15/h1-10,12,23H,(H,24,25). The van der Waals surface area contributed by atoms with Gasteiger partial charge in [-0.15, -0.1) is 0 Å². The summed E-state index contributed by atoms with van der Waals surface area (Å²) in [6, 6.07) is 19.4. The van der Waals surface area contributed by atoms with Crippen molar-refractivity contribution in [2.75, 3.05) is 10.6 Å². The first-order valence-electron chi connectivity index (χ1n) is 7.44. The number of amides is 1. The Kier molecular flexibility index (Phi) is 4.93. The van der Waals surface area contributed by atoms with Crippen molar-refractivity contribution in [3.63, 3.8) is 0 Å². The highest BCUT2D eigenvalue weighted by Gasteiger charge is 2.08. The summed E-state index contributed by atoms with van der Waals surface area (Å²) in [5.41, 5.74) is 3.07. The summed E-state index contributed by atoms with van der Waals surface area (Å²) in [4.78, 5) is 16.4. The van der Waals surface area contributed by atoms with Crippen LogP contribution < -0.4 is 10.6 Å². The van der Waals surface area contributed by atoms with Gasteiger partial charge in [-0.1, -0.05) is 17.7 Å². The van der Waals surface area contributed by atoms with Gasteiger partial charge < -0.3 is 10.6 Å². The van der Waals surface area contributed by atoms with E-state index in [1.54, 1.807) is 66.9 Å². The van der Waals surface area contributed by atoms with Crippen LogP contribution in [0.15, 0.2) is 66.9 Å². The summed E-state index contributed by atoms with van der Waals surface area (Å²) in [6.07, 6.45) is 1.57. The van der Waals surface area contributed by atoms with Gasteiger partial charge in [0.15, 0.2) is 0 Å². The van der Waals surface area contributed by atoms with Crippen LogP contribution in [0, 0.1) is 11.3 Å². The minimum absolute atomic E-state index is 0.297. The van der Waals surface area contributed by atoms with E-state index in [1.165, 1.54) is 0 Å². The van der Waals surface area contributed by atoms with E-state index in [9.17, 15) is 4.79 Å². The summed E-state index contributed by atoms with van der Waals surface area (Å²) >= 11 is 5.90. The lowest BCUT2D eigenvalue weighted by atomic mass is 10.2. The molecule has 0 radical (unpaired) electrons. The van der Waals surface area contributed by atoms with E-state index in [-0.39, 0.29) is 5.91 Å². The van der Waals surface area contributed by atoms with Crippen LogP contribution in [0.1, 0.15) is 16.1 Å². The fourth-order valence-electron chi connectivity index (χ4n) is 2.16. The molecule has 0 aliphatic heterocycles. The molecule has 0 fully saturated rings. The van der Waals surface area contributed by atoms with Crippen molar-refractivity contribution in [1.82, 2.24) is 4.98 Å². The van der Waals surface area contributed by atoms with E-state index in [1.807, 2.05) is 0 Å². The first-order valence-corrected chi connectivity index (χ1v) is 7.82. The van der Waals surface area contributed by atoms with Crippen LogP contribution >= 0.6 is 11.6 Å². The lowest BCUT2D eigenvalue weighted by Gasteiger charge is -2.08. The number of anilines is 3. The molecule has 2 N–H and O–H groups in total. The first kappa shape index (κ1) is 16.5. The molecule has 2 aromatic carbocycles. The van der Waals surface area contributed by atoms with E-state index < -0.39 is 0 Å². The van der Waals surface area contributed by atoms with Crippen LogP contribution in [0.5, 0.6) is 0 Å². The molecule has 1 heterocycles. The Morgan fingerprint density at radius 2 is 1.76 bits per heavy atom. The van der Waals surface area contributed by atoms with Gasteiger partial charge in [-0.25, -0.2) is 4.98 Å². The highest BCUT2D eigenvalue weighted by atomic mass is 35.5. The van der Waals surface area contributed by atoms with E-state index >= 15 is 0 Å². The number of nitrogens with one attached hydrogen (secondary N) is 2. The van der Waals surface area contributed by atoms with Crippen LogP contribution in [-0.2, 0) is 0 Å². The maximum Gasteiger partial charge on any atom is 0.274 e. The smallest absolute Gasteiger partial charge is 0.274 e. The Labute approximate surface area is 149 Å². The molecule has 122 valence electrons. The predicted molar refractivity (Wildman–Crippen MR) is 98.1 cm³/mol. The fourth-order valence-corrected chi connectivity index (χ4v) is 2.35. The third-order valence-corrected chi connectivity index (χ3v) is 3.62. The predicted octanol–water partition coefficient (Wildman–Crippen LogP) is 4.60. The molecule has 1 amide bonds. The van der Waals surface area contributed by atoms with E-state index in [2.05, 4.69) is 21.7 Å². The Bertz CT molecular complexity index is 931. The van der Waals surface area contributed by atoms with Crippen molar-refractivity contribution in [3.8, 4) is 6.07 Å². The minimum Gasteiger partial charge on any atom is -0.354 e. The van der Waals surface area contributed by atoms with Crippen LogP contribution in [0.3, 0.4) is 0 Å². The second-order valence-electron chi connectivity index (χ2n) is 5.21. The SMILES string of the molecule is N#Cc1ccc(Nc2ccc(C(=O)Nc3cccc(Cl)c3)nc2)cc1. The number of hydrogen-bond acceptors (Lipinski definition) is 4. The van der Waals surface area contributed by atoms with Gasteiger partial charge in [-0.05, 0) is 54.6 Å². The average molecular weight is 349 g/mol. The van der Waals surface area contributed by atoms with Gasteiger partial charge in [-0.2, -0.15) is 5.26 Å². The van der Waals surface area contributed by atoms with Gasteiger partial charge in [0.1, 0.15) is 5.69 Å². The molecular formula is C19H13ClN4O. The second-order valence-corrected chi connectivity index (χ2v) is 5.65. The van der Waals surface area contributed by atoms with Crippen molar-refractivity contribution in [2.45, 2.75) is 0 Å². The molecule has 0 aliphatic carbocycles. The second kappa shape index (κ2) is 7.47. The lowest BCUT2D eigenvalue weighted by Crippen LogP contribution is -2.13. The van der Waals surface area contributed by atoms with Crippen LogP contribution in [0.2, 0.25) is 5.02 Å². The van der Waals surface area contributed by atoms with Crippen molar-refractivity contribution >= 4 is 34.6 Å². The van der Waals surface area contributed by atoms with Gasteiger partial charge in [0.05, 0.1) is 23.5 Å². The van der Waals surface area contributed by atoms with Gasteiger partial charge in [0, 0.05) is 16.4 Å². The van der Waals surface area contributed by atoms with E-state index in [0.717, 1.165) is 11.4 Å². The minimum atomic E-state index is -0.313. The maximum atomic E-state index is 12.2. The average Bonchev–Trinajstić information content (AvgIpc) is 2.63. The topological polar surface area (TPSA) is 77.8 Å². The molecule has 3 aromatic rings. The Morgan fingerprint density at radius 3 is 2.40 bits per heavy atom. The molecule has 0 spiro atoms. The van der Waals surface area contributed by atoms with Crippen molar-refractivity contribution in [1.29, 1.82) is 5.26 Å². The van der Waals surface area contributed by atoms with Gasteiger partial charge in [0.25, 0.3) is 5.91 Å². The fraction of sp³-hybridized carbons (Fsp3) is 0. The Balaban J connectivity index is 1.66. The molecule has 0 saturated carbocycles. The summed E-state index contributed by atoms with van der Waals surface area (Å²) in [7, 11) is 0. The molecule has 0 saturated heterocycles. The maximum absolute atomic E-state index is 12.2. The number of hydrogen-bond donors (Lipinski definition) is 2. The lowest BCUT2D eigenvalue weighted by molar-refractivity contribution is 0.102. The molecule has 1 aromatic heterocycles. The highest BCUT2D eigenvalue weighted by molar-refractivity contribution is 6.30. The number of carbonyl (C=O) groups excluding carboxylic acids is 1. The number of nitrogens with zero attached hydrogens (tertiary/aromatic N) is 2. The normalized spacial score (nSPS) is 9.92. The molecule has 5 nitrogen and oxygen atoms in total. The molecule has 3 rings (SSSR count). The zero-order chi connectivity index (χ0) is 17.6. The molecular weight excluding hydrogens is 336 g/mol. The highest BCUT2D eigenvalue weighted by Crippen LogP contribution is 2.18. The summed E-state index contributed by atoms with van der Waals surface area (Å²) in [5, 5.41) is 15.2. The van der Waals surface area contributed by atoms with Gasteiger partial charge in [0.2, 0.25) is 0 Å². The number of halogens is 1. The number of rotatable bonds is 4. The Morgan fingerprint density at radius 1 is 1.00 bits per heavy atom. The Hall–Kier alpha value is -3.36. The van der Waals surface area contributed by atoms with E-state index in [0.29, 0.717) is 22.0 Å².